The maximum atomic E-state index is 5.42. The van der Waals surface area contributed by atoms with Gasteiger partial charge in [0.15, 0.2) is 13.2 Å². The van der Waals surface area contributed by atoms with Crippen molar-refractivity contribution in [3.8, 4) is 12.3 Å². The van der Waals surface area contributed by atoms with Gasteiger partial charge in [-0.2, -0.15) is 4.58 Å². The molecule has 0 spiro atoms. The van der Waals surface area contributed by atoms with E-state index in [1.807, 2.05) is 16.7 Å². The van der Waals surface area contributed by atoms with Gasteiger partial charge in [0.2, 0.25) is 12.3 Å². The summed E-state index contributed by atoms with van der Waals surface area (Å²) < 4.78 is 12.6. The van der Waals surface area contributed by atoms with Crippen LogP contribution in [0.3, 0.4) is 0 Å². The van der Waals surface area contributed by atoms with Crippen molar-refractivity contribution >= 4 is 5.90 Å². The first-order valence-electron chi connectivity index (χ1n) is 4.14. The van der Waals surface area contributed by atoms with Crippen LogP contribution in [0.15, 0.2) is 22.8 Å². The molecule has 0 radical (unpaired) electrons. The number of ether oxygens (including phenoxy) is 1. The quantitative estimate of drug-likeness (QED) is 0.489. The summed E-state index contributed by atoms with van der Waals surface area (Å²) in [5.41, 5.74) is 0. The molecule has 3 heteroatoms. The average molecular weight is 176 g/mol. The third kappa shape index (κ3) is 1.43. The monoisotopic (exact) mass is 176 g/mol. The highest BCUT2D eigenvalue weighted by Gasteiger charge is 2.27. The maximum absolute atomic E-state index is 5.42. The van der Waals surface area contributed by atoms with Gasteiger partial charge in [-0.15, -0.1) is 6.42 Å². The van der Waals surface area contributed by atoms with Crippen LogP contribution in [-0.2, 0) is 4.74 Å². The molecule has 13 heavy (non-hydrogen) atoms. The van der Waals surface area contributed by atoms with E-state index < -0.39 is 0 Å². The molecule has 1 aromatic heterocycles. The Morgan fingerprint density at radius 2 is 2.54 bits per heavy atom. The number of hydrogen-bond acceptors (Lipinski definition) is 2. The first kappa shape index (κ1) is 7.93. The number of terminal acetylenes is 1. The van der Waals surface area contributed by atoms with E-state index in [0.29, 0.717) is 13.2 Å². The van der Waals surface area contributed by atoms with Gasteiger partial charge in [-0.05, 0) is 18.1 Å². The van der Waals surface area contributed by atoms with Crippen LogP contribution in [0.2, 0.25) is 0 Å². The van der Waals surface area contributed by atoms with E-state index >= 15 is 0 Å². The van der Waals surface area contributed by atoms with Crippen LogP contribution in [0.4, 0.5) is 0 Å². The second-order valence-corrected chi connectivity index (χ2v) is 2.76. The van der Waals surface area contributed by atoms with Crippen LogP contribution >= 0.6 is 0 Å². The Kier molecular flexibility index (Phi) is 2.05. The molecular weight excluding hydrogens is 166 g/mol. The highest BCUT2D eigenvalue weighted by molar-refractivity contribution is 5.87. The van der Waals surface area contributed by atoms with E-state index in [0.717, 1.165) is 18.2 Å². The van der Waals surface area contributed by atoms with Gasteiger partial charge in [0.25, 0.3) is 0 Å². The van der Waals surface area contributed by atoms with Crippen molar-refractivity contribution in [2.24, 2.45) is 0 Å². The molecule has 0 saturated carbocycles. The Bertz CT molecular complexity index is 357. The highest BCUT2D eigenvalue weighted by Crippen LogP contribution is 2.07. The predicted octanol–water partition coefficient (Wildman–Crippen LogP) is 0.702. The molecule has 0 N–H and O–H groups in total. The van der Waals surface area contributed by atoms with Crippen molar-refractivity contribution in [1.82, 2.24) is 0 Å². The first-order valence-corrected chi connectivity index (χ1v) is 4.14. The van der Waals surface area contributed by atoms with Crippen LogP contribution in [0.5, 0.6) is 0 Å². The summed E-state index contributed by atoms with van der Waals surface area (Å²) in [6, 6.07) is 3.70. The zero-order valence-corrected chi connectivity index (χ0v) is 7.19. The van der Waals surface area contributed by atoms with Crippen molar-refractivity contribution in [1.29, 1.82) is 0 Å². The second-order valence-electron chi connectivity index (χ2n) is 2.76. The Morgan fingerprint density at radius 1 is 1.62 bits per heavy atom. The van der Waals surface area contributed by atoms with Crippen LogP contribution in [0, 0.1) is 12.3 Å². The Hall–Kier alpha value is -1.69. The fourth-order valence-electron chi connectivity index (χ4n) is 1.33. The molecule has 1 aromatic rings. The third-order valence-electron chi connectivity index (χ3n) is 1.90. The standard InChI is InChI=1S/C10H10NO2/c1-2-5-11-6-8-13-10(11)9-4-3-7-12-9/h1,3-4,7H,5-6,8H2/q+1. The molecule has 1 aliphatic heterocycles. The zero-order valence-electron chi connectivity index (χ0n) is 7.19. The summed E-state index contributed by atoms with van der Waals surface area (Å²) in [5.74, 6) is 4.08. The zero-order chi connectivity index (χ0) is 9.10. The van der Waals surface area contributed by atoms with Crippen LogP contribution in [-0.4, -0.2) is 30.2 Å². The molecule has 2 rings (SSSR count). The van der Waals surface area contributed by atoms with Crippen molar-refractivity contribution in [3.63, 3.8) is 0 Å². The molecule has 0 bridgehead atoms. The lowest BCUT2D eigenvalue weighted by atomic mass is 10.4. The molecule has 0 aromatic carbocycles. The minimum Gasteiger partial charge on any atom is -0.455 e. The van der Waals surface area contributed by atoms with E-state index in [2.05, 4.69) is 5.92 Å². The van der Waals surface area contributed by atoms with E-state index in [1.165, 1.54) is 0 Å². The summed E-state index contributed by atoms with van der Waals surface area (Å²) in [7, 11) is 0. The van der Waals surface area contributed by atoms with E-state index in [4.69, 9.17) is 15.6 Å². The topological polar surface area (TPSA) is 25.4 Å². The SMILES string of the molecule is C#CC[N+]1=C(c2ccco2)OCC1. The molecule has 3 nitrogen and oxygen atoms in total. The van der Waals surface area contributed by atoms with Gasteiger partial charge in [0.1, 0.15) is 0 Å². The van der Waals surface area contributed by atoms with Crippen molar-refractivity contribution in [2.45, 2.75) is 0 Å². The van der Waals surface area contributed by atoms with Crippen LogP contribution in [0.25, 0.3) is 0 Å². The lowest BCUT2D eigenvalue weighted by Gasteiger charge is -1.92. The van der Waals surface area contributed by atoms with Gasteiger partial charge in [0, 0.05) is 0 Å². The number of hydrogen-bond donors (Lipinski definition) is 0. The summed E-state index contributed by atoms with van der Waals surface area (Å²) in [6.07, 6.45) is 6.86. The highest BCUT2D eigenvalue weighted by atomic mass is 16.5. The lowest BCUT2D eigenvalue weighted by molar-refractivity contribution is -0.505. The van der Waals surface area contributed by atoms with E-state index in [-0.39, 0.29) is 0 Å². The fourth-order valence-corrected chi connectivity index (χ4v) is 1.33. The lowest BCUT2D eigenvalue weighted by Crippen LogP contribution is -2.16. The van der Waals surface area contributed by atoms with Crippen molar-refractivity contribution < 1.29 is 13.7 Å². The van der Waals surface area contributed by atoms with Gasteiger partial charge < -0.3 is 9.15 Å². The Morgan fingerprint density at radius 3 is 3.23 bits per heavy atom. The minimum absolute atomic E-state index is 0.566. The molecule has 0 fully saturated rings. The number of furan rings is 1. The normalized spacial score (nSPS) is 15.6. The summed E-state index contributed by atoms with van der Waals surface area (Å²) >= 11 is 0. The van der Waals surface area contributed by atoms with Gasteiger partial charge >= 0.3 is 5.90 Å². The molecule has 0 aliphatic carbocycles. The van der Waals surface area contributed by atoms with Crippen LogP contribution in [0.1, 0.15) is 5.76 Å². The number of rotatable bonds is 2. The molecule has 0 saturated heterocycles. The van der Waals surface area contributed by atoms with Gasteiger partial charge in [0.05, 0.1) is 6.26 Å². The third-order valence-corrected chi connectivity index (χ3v) is 1.90. The predicted molar refractivity (Wildman–Crippen MR) is 47.6 cm³/mol. The average Bonchev–Trinajstić information content (AvgIpc) is 2.71. The van der Waals surface area contributed by atoms with Gasteiger partial charge in [-0.25, -0.2) is 0 Å². The van der Waals surface area contributed by atoms with E-state index in [1.54, 1.807) is 6.26 Å². The Balaban J connectivity index is 2.31. The summed E-state index contributed by atoms with van der Waals surface area (Å²) in [6.45, 7) is 2.08. The first-order chi connectivity index (χ1) is 6.42. The second kappa shape index (κ2) is 3.36. The largest absolute Gasteiger partial charge is 0.455 e. The van der Waals surface area contributed by atoms with Crippen molar-refractivity contribution in [2.75, 3.05) is 19.7 Å². The molecular formula is C10H10NO2+. The number of nitrogens with zero attached hydrogens (tertiary/aromatic N) is 1. The van der Waals surface area contributed by atoms with Crippen molar-refractivity contribution in [3.05, 3.63) is 24.2 Å². The molecule has 0 unspecified atom stereocenters. The van der Waals surface area contributed by atoms with Gasteiger partial charge in [-0.1, -0.05) is 0 Å². The van der Waals surface area contributed by atoms with Gasteiger partial charge in [-0.3, -0.25) is 0 Å². The Labute approximate surface area is 76.6 Å². The smallest absolute Gasteiger partial charge is 0.407 e. The molecule has 2 heterocycles. The summed E-state index contributed by atoms with van der Waals surface area (Å²) in [5, 5.41) is 0. The summed E-state index contributed by atoms with van der Waals surface area (Å²) in [4.78, 5) is 0. The van der Waals surface area contributed by atoms with Crippen LogP contribution < -0.4 is 0 Å². The molecule has 0 atom stereocenters. The van der Waals surface area contributed by atoms with E-state index in [9.17, 15) is 0 Å². The molecule has 66 valence electrons. The molecule has 0 amide bonds. The fraction of sp³-hybridized carbons (Fsp3) is 0.300. The maximum Gasteiger partial charge on any atom is 0.407 e. The minimum atomic E-state index is 0.566. The molecule has 1 aliphatic rings.